The van der Waals surface area contributed by atoms with Gasteiger partial charge in [0.15, 0.2) is 0 Å². The van der Waals surface area contributed by atoms with Crippen molar-refractivity contribution >= 4 is 31.6 Å². The number of sulfonamides is 1. The van der Waals surface area contributed by atoms with Crippen LogP contribution in [0.3, 0.4) is 0 Å². The molecule has 1 heterocycles. The molecule has 0 unspecified atom stereocenters. The minimum atomic E-state index is -3.60. The summed E-state index contributed by atoms with van der Waals surface area (Å²) >= 11 is 3.28. The van der Waals surface area contributed by atoms with Gasteiger partial charge in [0.05, 0.1) is 16.8 Å². The van der Waals surface area contributed by atoms with E-state index in [2.05, 4.69) is 25.6 Å². The van der Waals surface area contributed by atoms with E-state index in [0.717, 1.165) is 10.0 Å². The molecule has 0 aliphatic carbocycles. The van der Waals surface area contributed by atoms with Gasteiger partial charge in [0.25, 0.3) is 10.0 Å². The second-order valence-electron chi connectivity index (χ2n) is 4.27. The fraction of sp³-hybridized carbons (Fsp3) is 0.154. The Balaban J connectivity index is 2.40. The molecule has 100 valence electrons. The zero-order valence-electron chi connectivity index (χ0n) is 10.5. The third-order valence-electron chi connectivity index (χ3n) is 2.57. The zero-order valence-corrected chi connectivity index (χ0v) is 12.9. The Morgan fingerprint density at radius 1 is 1.16 bits per heavy atom. The van der Waals surface area contributed by atoms with Gasteiger partial charge < -0.3 is 0 Å². The molecule has 2 aromatic rings. The van der Waals surface area contributed by atoms with Crippen molar-refractivity contribution in [1.29, 1.82) is 0 Å². The van der Waals surface area contributed by atoms with E-state index in [9.17, 15) is 8.42 Å². The van der Waals surface area contributed by atoms with Gasteiger partial charge in [0.2, 0.25) is 0 Å². The normalized spacial score (nSPS) is 11.3. The summed E-state index contributed by atoms with van der Waals surface area (Å²) < 4.78 is 27.9. The molecule has 19 heavy (non-hydrogen) atoms. The van der Waals surface area contributed by atoms with Gasteiger partial charge in [0.1, 0.15) is 0 Å². The lowest BCUT2D eigenvalue weighted by molar-refractivity contribution is 0.600. The average molecular weight is 341 g/mol. The number of aryl methyl sites for hydroxylation is 2. The van der Waals surface area contributed by atoms with Gasteiger partial charge >= 0.3 is 0 Å². The van der Waals surface area contributed by atoms with Crippen LogP contribution in [0.15, 0.2) is 46.0 Å². The Kier molecular flexibility index (Phi) is 3.91. The van der Waals surface area contributed by atoms with Crippen LogP contribution in [-0.2, 0) is 10.0 Å². The lowest BCUT2D eigenvalue weighted by atomic mass is 10.2. The maximum absolute atomic E-state index is 12.3. The van der Waals surface area contributed by atoms with E-state index in [1.54, 1.807) is 31.3 Å². The highest BCUT2D eigenvalue weighted by Crippen LogP contribution is 2.23. The van der Waals surface area contributed by atoms with Gasteiger partial charge in [-0.05, 0) is 43.2 Å². The Bertz CT molecular complexity index is 714. The summed E-state index contributed by atoms with van der Waals surface area (Å²) in [6.45, 7) is 3.62. The number of hydrogen-bond acceptors (Lipinski definition) is 3. The number of benzene rings is 1. The van der Waals surface area contributed by atoms with E-state index in [4.69, 9.17) is 0 Å². The highest BCUT2D eigenvalue weighted by molar-refractivity contribution is 9.10. The zero-order chi connectivity index (χ0) is 14.0. The van der Waals surface area contributed by atoms with E-state index in [1.807, 2.05) is 13.0 Å². The molecule has 4 nitrogen and oxygen atoms in total. The van der Waals surface area contributed by atoms with Crippen molar-refractivity contribution in [2.24, 2.45) is 0 Å². The molecule has 0 bridgehead atoms. The summed E-state index contributed by atoms with van der Waals surface area (Å²) in [5.74, 6) is 0. The highest BCUT2D eigenvalue weighted by atomic mass is 79.9. The maximum Gasteiger partial charge on any atom is 0.262 e. The number of aromatic nitrogens is 1. The highest BCUT2D eigenvalue weighted by Gasteiger charge is 2.17. The second-order valence-corrected chi connectivity index (χ2v) is 6.83. The number of rotatable bonds is 3. The summed E-state index contributed by atoms with van der Waals surface area (Å²) in [6, 6.07) is 6.88. The maximum atomic E-state index is 12.3. The first-order valence-corrected chi connectivity index (χ1v) is 7.87. The molecule has 0 aliphatic rings. The number of hydrogen-bond donors (Lipinski definition) is 1. The monoisotopic (exact) mass is 340 g/mol. The molecular weight excluding hydrogens is 328 g/mol. The fourth-order valence-corrected chi connectivity index (χ4v) is 3.50. The molecule has 0 amide bonds. The van der Waals surface area contributed by atoms with Gasteiger partial charge in [-0.15, -0.1) is 0 Å². The van der Waals surface area contributed by atoms with Gasteiger partial charge in [0, 0.05) is 10.7 Å². The topological polar surface area (TPSA) is 59.1 Å². The Morgan fingerprint density at radius 3 is 2.58 bits per heavy atom. The first-order chi connectivity index (χ1) is 8.88. The molecule has 1 aromatic heterocycles. The number of nitrogens with zero attached hydrogens (tertiary/aromatic N) is 1. The fourth-order valence-electron chi connectivity index (χ4n) is 1.68. The molecule has 0 aliphatic heterocycles. The molecule has 0 saturated carbocycles. The third kappa shape index (κ3) is 3.33. The van der Waals surface area contributed by atoms with Crippen LogP contribution in [0.25, 0.3) is 0 Å². The summed E-state index contributed by atoms with van der Waals surface area (Å²) in [4.78, 5) is 4.22. The van der Waals surface area contributed by atoms with E-state index in [-0.39, 0.29) is 4.90 Å². The molecule has 6 heteroatoms. The van der Waals surface area contributed by atoms with Crippen molar-refractivity contribution in [3.05, 3.63) is 52.3 Å². The molecule has 0 fully saturated rings. The van der Waals surface area contributed by atoms with Crippen molar-refractivity contribution in [3.8, 4) is 0 Å². The van der Waals surface area contributed by atoms with Crippen LogP contribution >= 0.6 is 15.9 Å². The third-order valence-corrected chi connectivity index (χ3v) is 4.58. The molecule has 0 spiro atoms. The van der Waals surface area contributed by atoms with Crippen molar-refractivity contribution in [2.45, 2.75) is 18.7 Å². The van der Waals surface area contributed by atoms with Crippen LogP contribution < -0.4 is 4.72 Å². The van der Waals surface area contributed by atoms with E-state index >= 15 is 0 Å². The van der Waals surface area contributed by atoms with Crippen LogP contribution in [0.4, 0.5) is 5.69 Å². The molecular formula is C13H13BrN2O2S. The van der Waals surface area contributed by atoms with E-state index in [0.29, 0.717) is 11.3 Å². The number of halogens is 1. The lowest BCUT2D eigenvalue weighted by Gasteiger charge is -2.10. The van der Waals surface area contributed by atoms with Crippen LogP contribution in [0, 0.1) is 13.8 Å². The predicted molar refractivity (Wildman–Crippen MR) is 78.7 cm³/mol. The average Bonchev–Trinajstić information content (AvgIpc) is 2.31. The smallest absolute Gasteiger partial charge is 0.262 e. The molecule has 0 saturated heterocycles. The van der Waals surface area contributed by atoms with Crippen LogP contribution in [0.2, 0.25) is 0 Å². The van der Waals surface area contributed by atoms with Crippen molar-refractivity contribution in [1.82, 2.24) is 4.98 Å². The number of nitrogens with one attached hydrogen (secondary N) is 1. The van der Waals surface area contributed by atoms with Crippen molar-refractivity contribution in [2.75, 3.05) is 4.72 Å². The minimum absolute atomic E-state index is 0.253. The Hall–Kier alpha value is -1.40. The summed E-state index contributed by atoms with van der Waals surface area (Å²) in [7, 11) is -3.60. The van der Waals surface area contributed by atoms with Crippen molar-refractivity contribution in [3.63, 3.8) is 0 Å². The Labute approximate surface area is 121 Å². The minimum Gasteiger partial charge on any atom is -0.278 e. The van der Waals surface area contributed by atoms with Crippen molar-refractivity contribution < 1.29 is 8.42 Å². The van der Waals surface area contributed by atoms with Gasteiger partial charge in [-0.25, -0.2) is 8.42 Å². The quantitative estimate of drug-likeness (QED) is 0.932. The predicted octanol–water partition coefficient (Wildman–Crippen LogP) is 3.26. The SMILES string of the molecule is Cc1cncc(NS(=O)(=O)c2cc(Br)ccc2C)c1. The lowest BCUT2D eigenvalue weighted by Crippen LogP contribution is -2.14. The first kappa shape index (κ1) is 14.0. The van der Waals surface area contributed by atoms with Crippen LogP contribution in [0.1, 0.15) is 11.1 Å². The number of pyridine rings is 1. The molecule has 1 N–H and O–H groups in total. The van der Waals surface area contributed by atoms with E-state index < -0.39 is 10.0 Å². The largest absolute Gasteiger partial charge is 0.278 e. The van der Waals surface area contributed by atoms with Crippen LogP contribution in [0.5, 0.6) is 0 Å². The molecule has 0 radical (unpaired) electrons. The van der Waals surface area contributed by atoms with E-state index in [1.165, 1.54) is 6.20 Å². The Morgan fingerprint density at radius 2 is 1.89 bits per heavy atom. The molecule has 1 aromatic carbocycles. The summed E-state index contributed by atoms with van der Waals surface area (Å²) in [5, 5.41) is 0. The summed E-state index contributed by atoms with van der Waals surface area (Å²) in [5.41, 5.74) is 2.04. The van der Waals surface area contributed by atoms with Crippen LogP contribution in [-0.4, -0.2) is 13.4 Å². The molecule has 0 atom stereocenters. The summed E-state index contributed by atoms with van der Waals surface area (Å²) in [6.07, 6.45) is 3.15. The second kappa shape index (κ2) is 5.30. The van der Waals surface area contributed by atoms with Gasteiger partial charge in [-0.1, -0.05) is 22.0 Å². The molecule has 2 rings (SSSR count). The van der Waals surface area contributed by atoms with Gasteiger partial charge in [-0.2, -0.15) is 0 Å². The first-order valence-electron chi connectivity index (χ1n) is 5.59. The van der Waals surface area contributed by atoms with Gasteiger partial charge in [-0.3, -0.25) is 9.71 Å². The number of anilines is 1. The standard InChI is InChI=1S/C13H13BrN2O2S/c1-9-5-12(8-15-7-9)16-19(17,18)13-6-11(14)4-3-10(13)2/h3-8,16H,1-2H3.